The summed E-state index contributed by atoms with van der Waals surface area (Å²) >= 11 is 0. The molecule has 6 nitrogen and oxygen atoms in total. The summed E-state index contributed by atoms with van der Waals surface area (Å²) in [6.45, 7) is 5.23. The Morgan fingerprint density at radius 2 is 1.95 bits per heavy atom. The first-order valence-electron chi connectivity index (χ1n) is 7.18. The van der Waals surface area contributed by atoms with Crippen LogP contribution in [0.2, 0.25) is 0 Å². The van der Waals surface area contributed by atoms with Crippen molar-refractivity contribution in [3.8, 4) is 0 Å². The lowest BCUT2D eigenvalue weighted by atomic mass is 9.90. The van der Waals surface area contributed by atoms with E-state index in [1.165, 1.54) is 4.57 Å². The predicted octanol–water partition coefficient (Wildman–Crippen LogP) is 1.17. The molecule has 3 rings (SSSR count). The number of fused-ring (bicyclic) bond motifs is 1. The van der Waals surface area contributed by atoms with E-state index in [0.29, 0.717) is 16.7 Å². The predicted molar refractivity (Wildman–Crippen MR) is 81.5 cm³/mol. The molecule has 2 aromatic rings. The Kier molecular flexibility index (Phi) is 3.12. The van der Waals surface area contributed by atoms with Gasteiger partial charge >= 0.3 is 0 Å². The molecule has 1 aliphatic heterocycles. The van der Waals surface area contributed by atoms with Crippen molar-refractivity contribution in [3.63, 3.8) is 0 Å². The van der Waals surface area contributed by atoms with Crippen LogP contribution in [-0.2, 0) is 15.1 Å². The van der Waals surface area contributed by atoms with Crippen molar-refractivity contribution in [1.82, 2.24) is 14.9 Å². The van der Waals surface area contributed by atoms with Gasteiger partial charge in [-0.3, -0.25) is 24.3 Å². The molecule has 1 aromatic carbocycles. The normalized spacial score (nSPS) is 22.0. The SMILES string of the molecule is Cc1cccc2nc(C)n([C@@]3(C)CCC(=O)NC3=O)c(=O)c12. The number of nitrogens with zero attached hydrogens (tertiary/aromatic N) is 2. The van der Waals surface area contributed by atoms with Gasteiger partial charge in [0.15, 0.2) is 0 Å². The van der Waals surface area contributed by atoms with Gasteiger partial charge in [-0.15, -0.1) is 0 Å². The van der Waals surface area contributed by atoms with Crippen molar-refractivity contribution in [1.29, 1.82) is 0 Å². The second kappa shape index (κ2) is 4.76. The van der Waals surface area contributed by atoms with Crippen molar-refractivity contribution in [3.05, 3.63) is 39.9 Å². The van der Waals surface area contributed by atoms with Crippen molar-refractivity contribution in [2.45, 2.75) is 39.2 Å². The molecule has 0 aliphatic carbocycles. The molecule has 1 N–H and O–H groups in total. The molecule has 22 heavy (non-hydrogen) atoms. The lowest BCUT2D eigenvalue weighted by Gasteiger charge is -2.34. The van der Waals surface area contributed by atoms with E-state index >= 15 is 0 Å². The monoisotopic (exact) mass is 299 g/mol. The van der Waals surface area contributed by atoms with Gasteiger partial charge in [0, 0.05) is 6.42 Å². The van der Waals surface area contributed by atoms with Gasteiger partial charge < -0.3 is 0 Å². The fourth-order valence-electron chi connectivity index (χ4n) is 3.10. The minimum atomic E-state index is -1.10. The topological polar surface area (TPSA) is 81.1 Å². The number of imide groups is 1. The lowest BCUT2D eigenvalue weighted by molar-refractivity contribution is -0.140. The van der Waals surface area contributed by atoms with E-state index < -0.39 is 11.4 Å². The maximum atomic E-state index is 13.0. The van der Waals surface area contributed by atoms with Gasteiger partial charge in [-0.25, -0.2) is 4.98 Å². The van der Waals surface area contributed by atoms with E-state index in [0.717, 1.165) is 5.56 Å². The van der Waals surface area contributed by atoms with Crippen LogP contribution in [0.1, 0.15) is 31.2 Å². The van der Waals surface area contributed by atoms with Crippen LogP contribution in [0.4, 0.5) is 0 Å². The molecule has 0 saturated carbocycles. The third-order valence-corrected chi connectivity index (χ3v) is 4.35. The first kappa shape index (κ1) is 14.4. The molecule has 6 heteroatoms. The number of hydrogen-bond donors (Lipinski definition) is 1. The molecule has 1 aliphatic rings. The Bertz CT molecular complexity index is 869. The maximum absolute atomic E-state index is 13.0. The molecule has 114 valence electrons. The molecule has 0 radical (unpaired) electrons. The minimum absolute atomic E-state index is 0.208. The first-order chi connectivity index (χ1) is 10.3. The van der Waals surface area contributed by atoms with E-state index in [1.54, 1.807) is 19.9 Å². The maximum Gasteiger partial charge on any atom is 0.262 e. The van der Waals surface area contributed by atoms with Crippen LogP contribution in [0.3, 0.4) is 0 Å². The van der Waals surface area contributed by atoms with Gasteiger partial charge in [-0.2, -0.15) is 0 Å². The Labute approximate surface area is 127 Å². The molecule has 0 bridgehead atoms. The first-order valence-corrected chi connectivity index (χ1v) is 7.18. The van der Waals surface area contributed by atoms with Gasteiger partial charge in [0.1, 0.15) is 11.4 Å². The highest BCUT2D eigenvalue weighted by Crippen LogP contribution is 2.27. The van der Waals surface area contributed by atoms with Crippen molar-refractivity contribution >= 4 is 22.7 Å². The van der Waals surface area contributed by atoms with Crippen molar-refractivity contribution < 1.29 is 9.59 Å². The van der Waals surface area contributed by atoms with Crippen molar-refractivity contribution in [2.75, 3.05) is 0 Å². The van der Waals surface area contributed by atoms with Crippen LogP contribution in [0.15, 0.2) is 23.0 Å². The van der Waals surface area contributed by atoms with Crippen LogP contribution >= 0.6 is 0 Å². The number of aromatic nitrogens is 2. The second-order valence-corrected chi connectivity index (χ2v) is 5.92. The van der Waals surface area contributed by atoms with E-state index in [-0.39, 0.29) is 24.3 Å². The van der Waals surface area contributed by atoms with Crippen LogP contribution in [0.25, 0.3) is 10.9 Å². The summed E-state index contributed by atoms with van der Waals surface area (Å²) < 4.78 is 1.42. The molecule has 0 unspecified atom stereocenters. The van der Waals surface area contributed by atoms with Crippen LogP contribution in [-0.4, -0.2) is 21.4 Å². The number of carbonyl (C=O) groups excluding carboxylic acids is 2. The van der Waals surface area contributed by atoms with E-state index in [1.807, 2.05) is 19.1 Å². The number of aryl methyl sites for hydroxylation is 2. The average molecular weight is 299 g/mol. The number of piperidine rings is 1. The molecule has 0 spiro atoms. The zero-order valence-electron chi connectivity index (χ0n) is 12.8. The van der Waals surface area contributed by atoms with Crippen LogP contribution in [0, 0.1) is 13.8 Å². The van der Waals surface area contributed by atoms with Gasteiger partial charge in [-0.1, -0.05) is 12.1 Å². The number of rotatable bonds is 1. The number of carbonyl (C=O) groups is 2. The summed E-state index contributed by atoms with van der Waals surface area (Å²) in [6, 6.07) is 5.48. The van der Waals surface area contributed by atoms with Gasteiger partial charge in [-0.05, 0) is 38.8 Å². The summed E-state index contributed by atoms with van der Waals surface area (Å²) in [6.07, 6.45) is 0.497. The molecule has 1 fully saturated rings. The zero-order valence-corrected chi connectivity index (χ0v) is 12.8. The molecule has 1 aromatic heterocycles. The standard InChI is InChI=1S/C16H17N3O3/c1-9-5-4-6-11-13(9)14(21)19(10(2)17-11)16(3)8-7-12(20)18-15(16)22/h4-6H,7-8H2,1-3H3,(H,18,20,22)/t16-/m0/s1. The molecular weight excluding hydrogens is 282 g/mol. The minimum Gasteiger partial charge on any atom is -0.294 e. The smallest absolute Gasteiger partial charge is 0.262 e. The summed E-state index contributed by atoms with van der Waals surface area (Å²) in [4.78, 5) is 41.2. The highest BCUT2D eigenvalue weighted by molar-refractivity contribution is 6.01. The van der Waals surface area contributed by atoms with E-state index in [9.17, 15) is 14.4 Å². The van der Waals surface area contributed by atoms with E-state index in [2.05, 4.69) is 10.3 Å². The highest BCUT2D eigenvalue weighted by atomic mass is 16.2. The third kappa shape index (κ3) is 1.94. The molecule has 2 amide bonds. The average Bonchev–Trinajstić information content (AvgIpc) is 2.43. The Morgan fingerprint density at radius 1 is 1.23 bits per heavy atom. The third-order valence-electron chi connectivity index (χ3n) is 4.35. The fourth-order valence-corrected chi connectivity index (χ4v) is 3.10. The Hall–Kier alpha value is -2.50. The van der Waals surface area contributed by atoms with Gasteiger partial charge in [0.2, 0.25) is 5.91 Å². The van der Waals surface area contributed by atoms with Crippen LogP contribution < -0.4 is 10.9 Å². The second-order valence-electron chi connectivity index (χ2n) is 5.92. The Balaban J connectivity index is 2.32. The van der Waals surface area contributed by atoms with Crippen LogP contribution in [0.5, 0.6) is 0 Å². The molecule has 2 heterocycles. The largest absolute Gasteiger partial charge is 0.294 e. The summed E-state index contributed by atoms with van der Waals surface area (Å²) in [5.41, 5.74) is 0.0975. The quantitative estimate of drug-likeness (QED) is 0.801. The fraction of sp³-hybridized carbons (Fsp3) is 0.375. The highest BCUT2D eigenvalue weighted by Gasteiger charge is 2.42. The van der Waals surface area contributed by atoms with Crippen molar-refractivity contribution in [2.24, 2.45) is 0 Å². The molecule has 1 saturated heterocycles. The van der Waals surface area contributed by atoms with Gasteiger partial charge in [0.25, 0.3) is 11.5 Å². The number of hydrogen-bond acceptors (Lipinski definition) is 4. The number of nitrogens with one attached hydrogen (secondary N) is 1. The van der Waals surface area contributed by atoms with E-state index in [4.69, 9.17) is 0 Å². The number of benzene rings is 1. The summed E-state index contributed by atoms with van der Waals surface area (Å²) in [5.74, 6) is -0.295. The lowest BCUT2D eigenvalue weighted by Crippen LogP contribution is -2.56. The summed E-state index contributed by atoms with van der Waals surface area (Å²) in [5, 5.41) is 2.83. The van der Waals surface area contributed by atoms with Gasteiger partial charge in [0.05, 0.1) is 10.9 Å². The molecular formula is C16H17N3O3. The molecule has 1 atom stereocenters. The Morgan fingerprint density at radius 3 is 2.64 bits per heavy atom. The number of amides is 2. The summed E-state index contributed by atoms with van der Waals surface area (Å²) in [7, 11) is 0. The zero-order chi connectivity index (χ0) is 16.1.